The average molecular weight is 294 g/mol. The van der Waals surface area contributed by atoms with Gasteiger partial charge in [0.25, 0.3) is 0 Å². The third-order valence-corrected chi connectivity index (χ3v) is 4.35. The molecule has 1 amide bonds. The Labute approximate surface area is 124 Å². The second kappa shape index (κ2) is 6.99. The largest absolute Gasteiger partial charge is 0.497 e. The summed E-state index contributed by atoms with van der Waals surface area (Å²) in [5.41, 5.74) is 1.08. The first-order valence-corrected chi connectivity index (χ1v) is 8.20. The Kier molecular flexibility index (Phi) is 5.31. The van der Waals surface area contributed by atoms with Crippen LogP contribution in [0, 0.1) is 5.92 Å². The molecular weight excluding hydrogens is 272 g/mol. The lowest BCUT2D eigenvalue weighted by molar-refractivity contribution is -0.128. The van der Waals surface area contributed by atoms with Crippen LogP contribution in [0.25, 0.3) is 0 Å². The predicted molar refractivity (Wildman–Crippen MR) is 83.0 cm³/mol. The van der Waals surface area contributed by atoms with E-state index in [4.69, 9.17) is 4.74 Å². The SMILES string of the molecule is COc1cccc(C2NCC(=O)N2CC(C)CSC)c1. The zero-order valence-corrected chi connectivity index (χ0v) is 13.1. The fourth-order valence-electron chi connectivity index (χ4n) is 2.53. The van der Waals surface area contributed by atoms with Crippen molar-refractivity contribution >= 4 is 17.7 Å². The van der Waals surface area contributed by atoms with E-state index in [0.717, 1.165) is 23.6 Å². The summed E-state index contributed by atoms with van der Waals surface area (Å²) >= 11 is 1.82. The molecule has 0 spiro atoms. The van der Waals surface area contributed by atoms with E-state index in [-0.39, 0.29) is 12.1 Å². The second-order valence-corrected chi connectivity index (χ2v) is 6.08. The van der Waals surface area contributed by atoms with Gasteiger partial charge in [-0.1, -0.05) is 19.1 Å². The van der Waals surface area contributed by atoms with E-state index in [9.17, 15) is 4.79 Å². The van der Waals surface area contributed by atoms with Gasteiger partial charge in [0.05, 0.1) is 13.7 Å². The van der Waals surface area contributed by atoms with Crippen LogP contribution in [0.3, 0.4) is 0 Å². The number of amides is 1. The van der Waals surface area contributed by atoms with Gasteiger partial charge in [-0.15, -0.1) is 0 Å². The maximum atomic E-state index is 12.1. The van der Waals surface area contributed by atoms with E-state index < -0.39 is 0 Å². The fraction of sp³-hybridized carbons (Fsp3) is 0.533. The molecule has 4 nitrogen and oxygen atoms in total. The smallest absolute Gasteiger partial charge is 0.238 e. The zero-order valence-electron chi connectivity index (χ0n) is 12.3. The minimum absolute atomic E-state index is 0.0399. The Bertz CT molecular complexity index is 467. The van der Waals surface area contributed by atoms with Gasteiger partial charge in [0, 0.05) is 6.54 Å². The van der Waals surface area contributed by atoms with Crippen molar-refractivity contribution in [2.75, 3.05) is 32.2 Å². The van der Waals surface area contributed by atoms with Gasteiger partial charge in [0.15, 0.2) is 0 Å². The number of hydrogen-bond donors (Lipinski definition) is 1. The molecule has 2 rings (SSSR count). The van der Waals surface area contributed by atoms with Crippen LogP contribution < -0.4 is 10.1 Å². The number of methoxy groups -OCH3 is 1. The van der Waals surface area contributed by atoms with Gasteiger partial charge in [-0.05, 0) is 35.6 Å². The topological polar surface area (TPSA) is 41.6 Å². The van der Waals surface area contributed by atoms with E-state index in [2.05, 4.69) is 18.5 Å². The van der Waals surface area contributed by atoms with Crippen LogP contribution in [0.2, 0.25) is 0 Å². The van der Waals surface area contributed by atoms with E-state index >= 15 is 0 Å². The van der Waals surface area contributed by atoms with Crippen LogP contribution in [0.5, 0.6) is 5.75 Å². The first-order valence-electron chi connectivity index (χ1n) is 6.81. The Morgan fingerprint density at radius 2 is 2.35 bits per heavy atom. The van der Waals surface area contributed by atoms with Gasteiger partial charge in [-0.3, -0.25) is 10.1 Å². The molecule has 0 bridgehead atoms. The Hall–Kier alpha value is -1.20. The Balaban J connectivity index is 2.14. The van der Waals surface area contributed by atoms with Crippen molar-refractivity contribution in [1.82, 2.24) is 10.2 Å². The molecule has 0 aromatic heterocycles. The average Bonchev–Trinajstić information content (AvgIpc) is 2.81. The highest BCUT2D eigenvalue weighted by Crippen LogP contribution is 2.26. The van der Waals surface area contributed by atoms with Crippen molar-refractivity contribution in [3.05, 3.63) is 29.8 Å². The van der Waals surface area contributed by atoms with Crippen molar-refractivity contribution in [2.45, 2.75) is 13.1 Å². The molecule has 0 aliphatic carbocycles. The van der Waals surface area contributed by atoms with E-state index in [0.29, 0.717) is 12.5 Å². The number of nitrogens with zero attached hydrogens (tertiary/aromatic N) is 1. The Morgan fingerprint density at radius 1 is 1.55 bits per heavy atom. The molecule has 2 atom stereocenters. The van der Waals surface area contributed by atoms with Gasteiger partial charge in [0.1, 0.15) is 11.9 Å². The fourth-order valence-corrected chi connectivity index (χ4v) is 3.20. The first kappa shape index (κ1) is 15.2. The molecule has 1 fully saturated rings. The molecule has 0 radical (unpaired) electrons. The van der Waals surface area contributed by atoms with E-state index in [1.807, 2.05) is 40.9 Å². The molecule has 110 valence electrons. The molecule has 0 saturated carbocycles. The number of carbonyl (C=O) groups is 1. The maximum Gasteiger partial charge on any atom is 0.238 e. The number of ether oxygens (including phenoxy) is 1. The van der Waals surface area contributed by atoms with Crippen LogP contribution >= 0.6 is 11.8 Å². The highest BCUT2D eigenvalue weighted by Gasteiger charge is 2.32. The normalized spacial score (nSPS) is 20.2. The van der Waals surface area contributed by atoms with Gasteiger partial charge in [-0.2, -0.15) is 11.8 Å². The lowest BCUT2D eigenvalue weighted by atomic mass is 10.1. The van der Waals surface area contributed by atoms with Crippen molar-refractivity contribution in [1.29, 1.82) is 0 Å². The molecule has 1 aliphatic heterocycles. The third-order valence-electron chi connectivity index (χ3n) is 3.45. The van der Waals surface area contributed by atoms with Crippen molar-refractivity contribution in [2.24, 2.45) is 5.92 Å². The second-order valence-electron chi connectivity index (χ2n) is 5.17. The molecule has 1 heterocycles. The van der Waals surface area contributed by atoms with Crippen molar-refractivity contribution in [3.8, 4) is 5.75 Å². The van der Waals surface area contributed by atoms with Crippen LogP contribution in [0.15, 0.2) is 24.3 Å². The molecule has 1 aliphatic rings. The Morgan fingerprint density at radius 3 is 3.05 bits per heavy atom. The first-order chi connectivity index (χ1) is 9.65. The highest BCUT2D eigenvalue weighted by atomic mass is 32.2. The van der Waals surface area contributed by atoms with Crippen molar-refractivity contribution in [3.63, 3.8) is 0 Å². The summed E-state index contributed by atoms with van der Waals surface area (Å²) in [5, 5.41) is 3.29. The molecular formula is C15H22N2O2S. The highest BCUT2D eigenvalue weighted by molar-refractivity contribution is 7.98. The van der Waals surface area contributed by atoms with E-state index in [1.165, 1.54) is 0 Å². The number of carbonyl (C=O) groups excluding carboxylic acids is 1. The number of thioether (sulfide) groups is 1. The van der Waals surface area contributed by atoms with Crippen LogP contribution in [0.1, 0.15) is 18.7 Å². The van der Waals surface area contributed by atoms with Crippen LogP contribution in [0.4, 0.5) is 0 Å². The standard InChI is InChI=1S/C15H22N2O2S/c1-11(10-20-3)9-17-14(18)8-16-15(17)12-5-4-6-13(7-12)19-2/h4-7,11,15-16H,8-10H2,1-3H3. The molecule has 20 heavy (non-hydrogen) atoms. The minimum Gasteiger partial charge on any atom is -0.497 e. The molecule has 1 aromatic carbocycles. The predicted octanol–water partition coefficient (Wildman–Crippen LogP) is 2.12. The molecule has 1 saturated heterocycles. The number of benzene rings is 1. The lowest BCUT2D eigenvalue weighted by Gasteiger charge is -2.27. The number of hydrogen-bond acceptors (Lipinski definition) is 4. The minimum atomic E-state index is -0.0399. The van der Waals surface area contributed by atoms with Crippen molar-refractivity contribution < 1.29 is 9.53 Å². The number of rotatable bonds is 6. The monoisotopic (exact) mass is 294 g/mol. The van der Waals surface area contributed by atoms with Gasteiger partial charge >= 0.3 is 0 Å². The number of nitrogens with one attached hydrogen (secondary N) is 1. The zero-order chi connectivity index (χ0) is 14.5. The summed E-state index contributed by atoms with van der Waals surface area (Å²) in [4.78, 5) is 14.0. The quantitative estimate of drug-likeness (QED) is 0.872. The molecule has 1 aromatic rings. The van der Waals surface area contributed by atoms with Gasteiger partial charge in [0.2, 0.25) is 5.91 Å². The summed E-state index contributed by atoms with van der Waals surface area (Å²) in [7, 11) is 1.66. The van der Waals surface area contributed by atoms with E-state index in [1.54, 1.807) is 7.11 Å². The molecule has 5 heteroatoms. The van der Waals surface area contributed by atoms with Gasteiger partial charge in [-0.25, -0.2) is 0 Å². The van der Waals surface area contributed by atoms with Gasteiger partial charge < -0.3 is 9.64 Å². The van der Waals surface area contributed by atoms with Crippen LogP contribution in [-0.2, 0) is 4.79 Å². The summed E-state index contributed by atoms with van der Waals surface area (Å²) in [6.07, 6.45) is 2.06. The maximum absolute atomic E-state index is 12.1. The molecule has 2 unspecified atom stereocenters. The van der Waals surface area contributed by atoms with Crippen LogP contribution in [-0.4, -0.2) is 43.0 Å². The summed E-state index contributed by atoms with van der Waals surface area (Å²) in [5.74, 6) is 2.54. The summed E-state index contributed by atoms with van der Waals surface area (Å²) < 4.78 is 5.26. The molecule has 1 N–H and O–H groups in total. The summed E-state index contributed by atoms with van der Waals surface area (Å²) in [6.45, 7) is 3.38. The lowest BCUT2D eigenvalue weighted by Crippen LogP contribution is -2.34. The third kappa shape index (κ3) is 3.46. The summed E-state index contributed by atoms with van der Waals surface area (Å²) in [6, 6.07) is 7.90.